The highest BCUT2D eigenvalue weighted by Crippen LogP contribution is 2.36. The van der Waals surface area contributed by atoms with E-state index in [0.717, 1.165) is 14.4 Å². The second kappa shape index (κ2) is 5.57. The van der Waals surface area contributed by atoms with Crippen molar-refractivity contribution in [1.82, 2.24) is 10.2 Å². The minimum atomic E-state index is 0.551. The van der Waals surface area contributed by atoms with Gasteiger partial charge in [0, 0.05) is 19.0 Å². The molecule has 1 heterocycles. The molecular formula is C11H9ClN4S2. The van der Waals surface area contributed by atoms with E-state index in [0.29, 0.717) is 10.6 Å². The van der Waals surface area contributed by atoms with Gasteiger partial charge in [0.15, 0.2) is 4.34 Å². The summed E-state index contributed by atoms with van der Waals surface area (Å²) in [5, 5.41) is 18.3. The van der Waals surface area contributed by atoms with E-state index in [-0.39, 0.29) is 0 Å². The zero-order chi connectivity index (χ0) is 13.1. The Morgan fingerprint density at radius 2 is 2.17 bits per heavy atom. The Morgan fingerprint density at radius 1 is 1.39 bits per heavy atom. The summed E-state index contributed by atoms with van der Waals surface area (Å²) in [6.07, 6.45) is 0. The minimum absolute atomic E-state index is 0.551. The predicted molar refractivity (Wildman–Crippen MR) is 74.5 cm³/mol. The molecule has 2 aromatic rings. The van der Waals surface area contributed by atoms with Gasteiger partial charge in [0.05, 0.1) is 16.7 Å². The molecular weight excluding hydrogens is 288 g/mol. The molecule has 0 bridgehead atoms. The van der Waals surface area contributed by atoms with Gasteiger partial charge in [0.1, 0.15) is 0 Å². The maximum atomic E-state index is 8.77. The van der Waals surface area contributed by atoms with Crippen molar-refractivity contribution in [3.05, 3.63) is 28.8 Å². The number of aromatic nitrogens is 2. The lowest BCUT2D eigenvalue weighted by Crippen LogP contribution is -2.07. The zero-order valence-electron chi connectivity index (χ0n) is 9.72. The van der Waals surface area contributed by atoms with Gasteiger partial charge in [0.2, 0.25) is 5.13 Å². The summed E-state index contributed by atoms with van der Waals surface area (Å²) in [5.74, 6) is 0. The summed E-state index contributed by atoms with van der Waals surface area (Å²) in [6.45, 7) is 0. The van der Waals surface area contributed by atoms with Crippen LogP contribution in [0.5, 0.6) is 0 Å². The highest BCUT2D eigenvalue weighted by atomic mass is 35.5. The van der Waals surface area contributed by atoms with Gasteiger partial charge in [-0.3, -0.25) is 0 Å². The first-order valence-corrected chi connectivity index (χ1v) is 6.99. The van der Waals surface area contributed by atoms with Crippen LogP contribution >= 0.6 is 34.7 Å². The quantitative estimate of drug-likeness (QED) is 0.870. The van der Waals surface area contributed by atoms with Crippen molar-refractivity contribution in [1.29, 1.82) is 5.26 Å². The first kappa shape index (κ1) is 13.1. The van der Waals surface area contributed by atoms with Crippen molar-refractivity contribution < 1.29 is 0 Å². The molecule has 2 rings (SSSR count). The number of hydrogen-bond donors (Lipinski definition) is 0. The first-order valence-electron chi connectivity index (χ1n) is 4.98. The Bertz CT molecular complexity index is 603. The fraction of sp³-hybridized carbons (Fsp3) is 0.182. The number of nitrogens with zero attached hydrogens (tertiary/aromatic N) is 4. The number of halogens is 1. The molecule has 0 fully saturated rings. The van der Waals surface area contributed by atoms with E-state index < -0.39 is 0 Å². The molecule has 0 radical (unpaired) electrons. The van der Waals surface area contributed by atoms with E-state index >= 15 is 0 Å². The van der Waals surface area contributed by atoms with Crippen molar-refractivity contribution >= 4 is 39.8 Å². The molecule has 7 heteroatoms. The third kappa shape index (κ3) is 2.93. The molecule has 0 unspecified atom stereocenters. The molecule has 92 valence electrons. The summed E-state index contributed by atoms with van der Waals surface area (Å²) in [5.41, 5.74) is 0.551. The molecule has 0 atom stereocenters. The van der Waals surface area contributed by atoms with Crippen LogP contribution < -0.4 is 4.90 Å². The summed E-state index contributed by atoms with van der Waals surface area (Å²) >= 11 is 9.05. The van der Waals surface area contributed by atoms with E-state index in [2.05, 4.69) is 16.3 Å². The van der Waals surface area contributed by atoms with Crippen LogP contribution in [-0.4, -0.2) is 24.3 Å². The Morgan fingerprint density at radius 3 is 2.72 bits per heavy atom. The van der Waals surface area contributed by atoms with Crippen LogP contribution in [0.2, 0.25) is 5.02 Å². The van der Waals surface area contributed by atoms with Crippen molar-refractivity contribution in [2.24, 2.45) is 0 Å². The number of hydrogen-bond acceptors (Lipinski definition) is 6. The van der Waals surface area contributed by atoms with E-state index in [1.54, 1.807) is 12.1 Å². The Hall–Kier alpha value is -1.29. The maximum Gasteiger partial charge on any atom is 0.208 e. The van der Waals surface area contributed by atoms with Crippen molar-refractivity contribution in [2.45, 2.75) is 9.24 Å². The van der Waals surface area contributed by atoms with Gasteiger partial charge in [-0.15, -0.1) is 10.2 Å². The van der Waals surface area contributed by atoms with Crippen LogP contribution in [0.4, 0.5) is 5.13 Å². The Labute approximate surface area is 118 Å². The average molecular weight is 297 g/mol. The molecule has 0 N–H and O–H groups in total. The van der Waals surface area contributed by atoms with Crippen LogP contribution in [0.3, 0.4) is 0 Å². The van der Waals surface area contributed by atoms with E-state index in [1.165, 1.54) is 23.1 Å². The lowest BCUT2D eigenvalue weighted by molar-refractivity contribution is 0.972. The largest absolute Gasteiger partial charge is 0.353 e. The van der Waals surface area contributed by atoms with Gasteiger partial charge in [0.25, 0.3) is 0 Å². The van der Waals surface area contributed by atoms with Crippen LogP contribution in [0, 0.1) is 11.3 Å². The van der Waals surface area contributed by atoms with E-state index in [9.17, 15) is 0 Å². The third-order valence-corrected chi connectivity index (χ3v) is 4.68. The van der Waals surface area contributed by atoms with E-state index in [1.807, 2.05) is 25.1 Å². The maximum absolute atomic E-state index is 8.77. The predicted octanol–water partition coefficient (Wildman–Crippen LogP) is 3.28. The Kier molecular flexibility index (Phi) is 4.07. The monoisotopic (exact) mass is 296 g/mol. The summed E-state index contributed by atoms with van der Waals surface area (Å²) in [6, 6.07) is 7.26. The second-order valence-corrected chi connectivity index (χ2v) is 6.26. The van der Waals surface area contributed by atoms with Crippen LogP contribution in [0.15, 0.2) is 27.4 Å². The van der Waals surface area contributed by atoms with Gasteiger partial charge in [-0.1, -0.05) is 34.7 Å². The van der Waals surface area contributed by atoms with Crippen molar-refractivity contribution in [3.8, 4) is 6.07 Å². The van der Waals surface area contributed by atoms with Crippen LogP contribution in [-0.2, 0) is 0 Å². The van der Waals surface area contributed by atoms with Crippen LogP contribution in [0.25, 0.3) is 0 Å². The molecule has 0 aliphatic heterocycles. The lowest BCUT2D eigenvalue weighted by Gasteiger charge is -2.04. The summed E-state index contributed by atoms with van der Waals surface area (Å²) in [7, 11) is 3.84. The van der Waals surface area contributed by atoms with Crippen molar-refractivity contribution in [2.75, 3.05) is 19.0 Å². The first-order chi connectivity index (χ1) is 8.60. The molecule has 1 aromatic heterocycles. The lowest BCUT2D eigenvalue weighted by atomic mass is 10.2. The standard InChI is InChI=1S/C11H9ClN4S2/c1-16(2)10-14-15-11(18-10)17-9-4-3-7(6-13)5-8(9)12/h3-5H,1-2H3. The van der Waals surface area contributed by atoms with E-state index in [4.69, 9.17) is 16.9 Å². The zero-order valence-corrected chi connectivity index (χ0v) is 12.1. The highest BCUT2D eigenvalue weighted by molar-refractivity contribution is 8.01. The summed E-state index contributed by atoms with van der Waals surface area (Å²) in [4.78, 5) is 2.78. The minimum Gasteiger partial charge on any atom is -0.353 e. The number of nitriles is 1. The molecule has 0 aliphatic rings. The van der Waals surface area contributed by atoms with Gasteiger partial charge in [-0.05, 0) is 18.2 Å². The smallest absolute Gasteiger partial charge is 0.208 e. The fourth-order valence-corrected chi connectivity index (χ4v) is 3.19. The second-order valence-electron chi connectivity index (χ2n) is 3.60. The summed E-state index contributed by atoms with van der Waals surface area (Å²) < 4.78 is 0.824. The number of benzene rings is 1. The van der Waals surface area contributed by atoms with Crippen molar-refractivity contribution in [3.63, 3.8) is 0 Å². The van der Waals surface area contributed by atoms with Gasteiger partial charge >= 0.3 is 0 Å². The normalized spacial score (nSPS) is 10.1. The van der Waals surface area contributed by atoms with Crippen LogP contribution in [0.1, 0.15) is 5.56 Å². The molecule has 0 saturated carbocycles. The van der Waals surface area contributed by atoms with Gasteiger partial charge < -0.3 is 4.90 Å². The number of rotatable bonds is 3. The average Bonchev–Trinajstić information content (AvgIpc) is 2.80. The third-order valence-electron chi connectivity index (χ3n) is 2.04. The SMILES string of the molecule is CN(C)c1nnc(Sc2ccc(C#N)cc2Cl)s1. The molecule has 0 aliphatic carbocycles. The number of anilines is 1. The van der Waals surface area contributed by atoms with Gasteiger partial charge in [-0.25, -0.2) is 0 Å². The Balaban J connectivity index is 2.21. The molecule has 1 aromatic carbocycles. The molecule has 0 spiro atoms. The molecule has 4 nitrogen and oxygen atoms in total. The highest BCUT2D eigenvalue weighted by Gasteiger charge is 2.10. The topological polar surface area (TPSA) is 52.8 Å². The van der Waals surface area contributed by atoms with Gasteiger partial charge in [-0.2, -0.15) is 5.26 Å². The fourth-order valence-electron chi connectivity index (χ4n) is 1.17. The molecule has 0 saturated heterocycles. The molecule has 0 amide bonds. The molecule has 18 heavy (non-hydrogen) atoms.